The summed E-state index contributed by atoms with van der Waals surface area (Å²) < 4.78 is 10.2. The van der Waals surface area contributed by atoms with Crippen LogP contribution in [-0.2, 0) is 11.3 Å². The summed E-state index contributed by atoms with van der Waals surface area (Å²) in [5.74, 6) is 2.93. The molecular weight excluding hydrogens is 230 g/mol. The van der Waals surface area contributed by atoms with Crippen molar-refractivity contribution < 1.29 is 9.26 Å². The largest absolute Gasteiger partial charge is 0.383 e. The molecule has 0 spiro atoms. The van der Waals surface area contributed by atoms with Gasteiger partial charge >= 0.3 is 0 Å². The van der Waals surface area contributed by atoms with E-state index in [1.54, 1.807) is 7.11 Å². The predicted octanol–water partition coefficient (Wildman–Crippen LogP) is 2.10. The molecule has 2 unspecified atom stereocenters. The molecule has 5 heteroatoms. The Bertz CT molecular complexity index is 354. The van der Waals surface area contributed by atoms with Gasteiger partial charge in [-0.25, -0.2) is 0 Å². The third-order valence-corrected chi connectivity index (χ3v) is 3.73. The second-order valence-electron chi connectivity index (χ2n) is 5.00. The Kier molecular flexibility index (Phi) is 5.13. The van der Waals surface area contributed by atoms with Crippen LogP contribution in [0.2, 0.25) is 0 Å². The molecule has 1 aliphatic rings. The van der Waals surface area contributed by atoms with Crippen molar-refractivity contribution in [3.63, 3.8) is 0 Å². The Hall–Kier alpha value is -0.940. The van der Waals surface area contributed by atoms with E-state index in [1.165, 1.54) is 25.7 Å². The Morgan fingerprint density at radius 2 is 2.33 bits per heavy atom. The van der Waals surface area contributed by atoms with Gasteiger partial charge in [0.05, 0.1) is 13.2 Å². The van der Waals surface area contributed by atoms with Crippen molar-refractivity contribution in [1.82, 2.24) is 15.5 Å². The van der Waals surface area contributed by atoms with Crippen LogP contribution in [0.25, 0.3) is 0 Å². The summed E-state index contributed by atoms with van der Waals surface area (Å²) >= 11 is 0. The van der Waals surface area contributed by atoms with Gasteiger partial charge in [0.2, 0.25) is 5.89 Å². The summed E-state index contributed by atoms with van der Waals surface area (Å²) in [7, 11) is 1.69. The number of ether oxygens (including phenoxy) is 1. The highest BCUT2D eigenvalue weighted by atomic mass is 16.5. The van der Waals surface area contributed by atoms with Gasteiger partial charge in [-0.15, -0.1) is 0 Å². The molecular formula is C13H23N3O2. The summed E-state index contributed by atoms with van der Waals surface area (Å²) in [4.78, 5) is 4.48. The first-order chi connectivity index (χ1) is 8.83. The summed E-state index contributed by atoms with van der Waals surface area (Å²) in [6, 6.07) is 0. The zero-order valence-corrected chi connectivity index (χ0v) is 11.3. The van der Waals surface area contributed by atoms with Gasteiger partial charge in [-0.1, -0.05) is 18.5 Å². The van der Waals surface area contributed by atoms with Crippen LogP contribution in [0.1, 0.15) is 50.2 Å². The van der Waals surface area contributed by atoms with Gasteiger partial charge in [0, 0.05) is 19.6 Å². The van der Waals surface area contributed by atoms with E-state index >= 15 is 0 Å². The lowest BCUT2D eigenvalue weighted by atomic mass is 10.0. The van der Waals surface area contributed by atoms with Crippen LogP contribution in [0, 0.1) is 5.92 Å². The summed E-state index contributed by atoms with van der Waals surface area (Å²) in [6.45, 7) is 4.38. The highest BCUT2D eigenvalue weighted by molar-refractivity contribution is 4.99. The van der Waals surface area contributed by atoms with Gasteiger partial charge in [0.15, 0.2) is 5.82 Å². The van der Waals surface area contributed by atoms with Crippen LogP contribution < -0.4 is 5.32 Å². The summed E-state index contributed by atoms with van der Waals surface area (Å²) in [6.07, 6.45) is 4.98. The third-order valence-electron chi connectivity index (χ3n) is 3.73. The fourth-order valence-corrected chi connectivity index (χ4v) is 2.56. The Balaban J connectivity index is 1.79. The van der Waals surface area contributed by atoms with Crippen LogP contribution in [0.3, 0.4) is 0 Å². The lowest BCUT2D eigenvalue weighted by Crippen LogP contribution is -2.18. The molecule has 0 saturated heterocycles. The highest BCUT2D eigenvalue weighted by Crippen LogP contribution is 2.38. The smallest absolute Gasteiger partial charge is 0.240 e. The second-order valence-corrected chi connectivity index (χ2v) is 5.00. The van der Waals surface area contributed by atoms with Crippen molar-refractivity contribution in [2.75, 3.05) is 20.3 Å². The van der Waals surface area contributed by atoms with Crippen LogP contribution in [0.15, 0.2) is 4.52 Å². The number of hydrogen-bond donors (Lipinski definition) is 1. The van der Waals surface area contributed by atoms with Crippen molar-refractivity contribution in [2.45, 2.75) is 45.1 Å². The monoisotopic (exact) mass is 253 g/mol. The van der Waals surface area contributed by atoms with E-state index in [4.69, 9.17) is 9.26 Å². The van der Waals surface area contributed by atoms with Crippen LogP contribution in [-0.4, -0.2) is 30.4 Å². The Morgan fingerprint density at radius 1 is 1.44 bits per heavy atom. The quantitative estimate of drug-likeness (QED) is 0.754. The van der Waals surface area contributed by atoms with E-state index in [0.29, 0.717) is 25.0 Å². The van der Waals surface area contributed by atoms with Gasteiger partial charge in [0.25, 0.3) is 0 Å². The number of aromatic nitrogens is 2. The number of hydrogen-bond acceptors (Lipinski definition) is 5. The Labute approximate surface area is 108 Å². The molecule has 5 nitrogen and oxygen atoms in total. The molecule has 1 fully saturated rings. The van der Waals surface area contributed by atoms with E-state index in [-0.39, 0.29) is 0 Å². The Morgan fingerprint density at radius 3 is 3.06 bits per heavy atom. The molecule has 0 amide bonds. The van der Waals surface area contributed by atoms with E-state index in [2.05, 4.69) is 22.4 Å². The fourth-order valence-electron chi connectivity index (χ4n) is 2.56. The van der Waals surface area contributed by atoms with Crippen molar-refractivity contribution >= 4 is 0 Å². The maximum Gasteiger partial charge on any atom is 0.240 e. The molecule has 1 aromatic heterocycles. The molecule has 0 aromatic carbocycles. The average Bonchev–Trinajstić information content (AvgIpc) is 3.03. The summed E-state index contributed by atoms with van der Waals surface area (Å²) in [5, 5.41) is 7.31. The van der Waals surface area contributed by atoms with Crippen molar-refractivity contribution in [2.24, 2.45) is 5.92 Å². The number of rotatable bonds is 7. The molecule has 1 saturated carbocycles. The molecule has 1 aliphatic carbocycles. The van der Waals surface area contributed by atoms with E-state index in [1.807, 2.05) is 0 Å². The van der Waals surface area contributed by atoms with Gasteiger partial charge < -0.3 is 14.6 Å². The summed E-state index contributed by atoms with van der Waals surface area (Å²) in [5.41, 5.74) is 0. The van der Waals surface area contributed by atoms with Crippen LogP contribution in [0.5, 0.6) is 0 Å². The van der Waals surface area contributed by atoms with Crippen LogP contribution in [0.4, 0.5) is 0 Å². The fraction of sp³-hybridized carbons (Fsp3) is 0.846. The lowest BCUT2D eigenvalue weighted by molar-refractivity contribution is 0.197. The first-order valence-electron chi connectivity index (χ1n) is 6.85. The van der Waals surface area contributed by atoms with Crippen molar-refractivity contribution in [3.8, 4) is 0 Å². The highest BCUT2D eigenvalue weighted by Gasteiger charge is 2.28. The molecule has 1 aromatic rings. The minimum Gasteiger partial charge on any atom is -0.383 e. The van der Waals surface area contributed by atoms with Crippen molar-refractivity contribution in [1.29, 1.82) is 0 Å². The van der Waals surface area contributed by atoms with E-state index in [0.717, 1.165) is 18.3 Å². The molecule has 0 radical (unpaired) electrons. The predicted molar refractivity (Wildman–Crippen MR) is 68.3 cm³/mol. The number of nitrogens with zero attached hydrogens (tertiary/aromatic N) is 2. The standard InChI is InChI=1S/C13H23N3O2/c1-3-10-4-5-11(8-10)13-15-12(18-16-13)9-14-6-7-17-2/h10-11,14H,3-9H2,1-2H3. The second kappa shape index (κ2) is 6.85. The number of nitrogens with one attached hydrogen (secondary N) is 1. The zero-order chi connectivity index (χ0) is 12.8. The minimum atomic E-state index is 0.506. The van der Waals surface area contributed by atoms with Gasteiger partial charge in [0.1, 0.15) is 0 Å². The van der Waals surface area contributed by atoms with E-state index in [9.17, 15) is 0 Å². The van der Waals surface area contributed by atoms with Crippen LogP contribution >= 0.6 is 0 Å². The van der Waals surface area contributed by atoms with Crippen molar-refractivity contribution in [3.05, 3.63) is 11.7 Å². The normalized spacial score (nSPS) is 23.7. The zero-order valence-electron chi connectivity index (χ0n) is 11.3. The maximum absolute atomic E-state index is 5.26. The average molecular weight is 253 g/mol. The molecule has 18 heavy (non-hydrogen) atoms. The maximum atomic E-state index is 5.26. The van der Waals surface area contributed by atoms with Gasteiger partial charge in [-0.3, -0.25) is 0 Å². The van der Waals surface area contributed by atoms with E-state index < -0.39 is 0 Å². The SMILES string of the molecule is CCC1CCC(c2noc(CNCCOC)n2)C1. The van der Waals surface area contributed by atoms with Gasteiger partial charge in [-0.05, 0) is 25.2 Å². The number of methoxy groups -OCH3 is 1. The molecule has 1 heterocycles. The molecule has 0 aliphatic heterocycles. The van der Waals surface area contributed by atoms with Gasteiger partial charge in [-0.2, -0.15) is 4.98 Å². The molecule has 1 N–H and O–H groups in total. The topological polar surface area (TPSA) is 60.2 Å². The molecule has 102 valence electrons. The third kappa shape index (κ3) is 3.53. The first kappa shape index (κ1) is 13.5. The molecule has 2 atom stereocenters. The lowest BCUT2D eigenvalue weighted by Gasteiger charge is -2.04. The first-order valence-corrected chi connectivity index (χ1v) is 6.85. The molecule has 2 rings (SSSR count). The minimum absolute atomic E-state index is 0.506. The molecule has 0 bridgehead atoms.